The average molecular weight is 489 g/mol. The number of methoxy groups -OCH3 is 2. The summed E-state index contributed by atoms with van der Waals surface area (Å²) in [5.74, 6) is 2.60. The third-order valence-corrected chi connectivity index (χ3v) is 3.89. The van der Waals surface area contributed by atoms with E-state index in [1.165, 1.54) is 6.26 Å². The van der Waals surface area contributed by atoms with Crippen LogP contribution in [0, 0.1) is 0 Å². The summed E-state index contributed by atoms with van der Waals surface area (Å²) in [4.78, 5) is 4.45. The van der Waals surface area contributed by atoms with E-state index in [0.717, 1.165) is 17.1 Å². The van der Waals surface area contributed by atoms with E-state index in [2.05, 4.69) is 15.6 Å². The molecule has 3 N–H and O–H groups in total. The summed E-state index contributed by atoms with van der Waals surface area (Å²) >= 11 is 0. The number of nitrogens with one attached hydrogen (secondary N) is 2. The maximum atomic E-state index is 10.1. The Balaban J connectivity index is 0.00000364. The van der Waals surface area contributed by atoms with Crippen LogP contribution in [-0.2, 0) is 0 Å². The highest BCUT2D eigenvalue weighted by Crippen LogP contribution is 2.29. The average Bonchev–Trinajstić information content (AvgIpc) is 3.20. The number of hydrogen-bond donors (Lipinski definition) is 3. The number of hydrogen-bond acceptors (Lipinski definition) is 5. The van der Waals surface area contributed by atoms with Gasteiger partial charge in [-0.3, -0.25) is 4.99 Å². The number of benzene rings is 1. The summed E-state index contributed by atoms with van der Waals surface area (Å²) in [6.07, 6.45) is 0.741. The molecule has 0 saturated heterocycles. The second-order valence-electron chi connectivity index (χ2n) is 5.72. The monoisotopic (exact) mass is 489 g/mol. The van der Waals surface area contributed by atoms with Crippen LogP contribution in [0.1, 0.15) is 37.3 Å². The normalized spacial score (nSPS) is 13.3. The summed E-state index contributed by atoms with van der Waals surface area (Å²) in [5, 5.41) is 16.6. The summed E-state index contributed by atoms with van der Waals surface area (Å²) in [6.45, 7) is 4.87. The minimum absolute atomic E-state index is 0. The van der Waals surface area contributed by atoms with Gasteiger partial charge in [0.25, 0.3) is 0 Å². The molecule has 0 radical (unpaired) electrons. The predicted octanol–water partition coefficient (Wildman–Crippen LogP) is 3.26. The Labute approximate surface area is 177 Å². The fourth-order valence-electron chi connectivity index (χ4n) is 2.53. The number of aliphatic hydroxyl groups excluding tert-OH is 1. The molecule has 0 aliphatic heterocycles. The molecule has 0 bridgehead atoms. The van der Waals surface area contributed by atoms with E-state index < -0.39 is 6.10 Å². The molecule has 1 aromatic heterocycles. The molecule has 27 heavy (non-hydrogen) atoms. The molecular weight excluding hydrogens is 461 g/mol. The first-order valence-corrected chi connectivity index (χ1v) is 8.57. The number of halogens is 1. The molecule has 1 heterocycles. The lowest BCUT2D eigenvalue weighted by atomic mass is 10.1. The van der Waals surface area contributed by atoms with Gasteiger partial charge in [0.2, 0.25) is 0 Å². The minimum atomic E-state index is -0.790. The topological polar surface area (TPSA) is 88.3 Å². The highest BCUT2D eigenvalue weighted by atomic mass is 127. The van der Waals surface area contributed by atoms with Crippen molar-refractivity contribution in [2.45, 2.75) is 26.0 Å². The van der Waals surface area contributed by atoms with Crippen molar-refractivity contribution in [3.05, 3.63) is 47.9 Å². The molecule has 2 atom stereocenters. The molecule has 0 spiro atoms. The minimum Gasteiger partial charge on any atom is -0.497 e. The molecule has 0 amide bonds. The van der Waals surface area contributed by atoms with Gasteiger partial charge < -0.3 is 29.6 Å². The molecule has 0 saturated carbocycles. The number of ether oxygens (including phenoxy) is 2. The van der Waals surface area contributed by atoms with E-state index in [0.29, 0.717) is 18.3 Å². The molecule has 0 aliphatic carbocycles. The van der Waals surface area contributed by atoms with Crippen molar-refractivity contribution < 1.29 is 19.0 Å². The third kappa shape index (κ3) is 6.62. The van der Waals surface area contributed by atoms with Gasteiger partial charge >= 0.3 is 0 Å². The van der Waals surface area contributed by atoms with Gasteiger partial charge in [0.15, 0.2) is 5.96 Å². The fraction of sp³-hybridized carbons (Fsp3) is 0.421. The van der Waals surface area contributed by atoms with Crippen molar-refractivity contribution in [3.63, 3.8) is 0 Å². The zero-order chi connectivity index (χ0) is 18.9. The SMILES string of the molecule is CCNC(=NCC(O)c1ccco1)NC(C)c1cc(OC)ccc1OC.I. The van der Waals surface area contributed by atoms with Crippen molar-refractivity contribution in [2.24, 2.45) is 4.99 Å². The Morgan fingerprint density at radius 2 is 2.04 bits per heavy atom. The third-order valence-electron chi connectivity index (χ3n) is 3.89. The highest BCUT2D eigenvalue weighted by Gasteiger charge is 2.15. The Bertz CT molecular complexity index is 707. The van der Waals surface area contributed by atoms with Crippen LogP contribution in [0.5, 0.6) is 11.5 Å². The summed E-state index contributed by atoms with van der Waals surface area (Å²) in [6, 6.07) is 9.04. The van der Waals surface area contributed by atoms with Gasteiger partial charge in [-0.2, -0.15) is 0 Å². The number of guanidine groups is 1. The van der Waals surface area contributed by atoms with Crippen LogP contribution in [-0.4, -0.2) is 38.4 Å². The van der Waals surface area contributed by atoms with Crippen molar-refractivity contribution in [3.8, 4) is 11.5 Å². The van der Waals surface area contributed by atoms with Crippen LogP contribution < -0.4 is 20.1 Å². The molecule has 8 heteroatoms. The van der Waals surface area contributed by atoms with Gasteiger partial charge in [0, 0.05) is 12.1 Å². The van der Waals surface area contributed by atoms with Gasteiger partial charge in [0.1, 0.15) is 23.4 Å². The molecule has 7 nitrogen and oxygen atoms in total. The Hall–Kier alpha value is -1.94. The second kappa shape index (κ2) is 11.7. The molecule has 2 unspecified atom stereocenters. The number of nitrogens with zero attached hydrogens (tertiary/aromatic N) is 1. The van der Waals surface area contributed by atoms with Gasteiger partial charge in [0.05, 0.1) is 33.1 Å². The molecule has 0 aliphatic rings. The number of aliphatic imine (C=N–C) groups is 1. The van der Waals surface area contributed by atoms with Crippen LogP contribution >= 0.6 is 24.0 Å². The Kier molecular flexibility index (Phi) is 10.0. The summed E-state index contributed by atoms with van der Waals surface area (Å²) in [7, 11) is 3.27. The van der Waals surface area contributed by atoms with E-state index in [4.69, 9.17) is 13.9 Å². The lowest BCUT2D eigenvalue weighted by Gasteiger charge is -2.21. The second-order valence-corrected chi connectivity index (χ2v) is 5.72. The summed E-state index contributed by atoms with van der Waals surface area (Å²) < 4.78 is 16.0. The van der Waals surface area contributed by atoms with Crippen LogP contribution in [0.3, 0.4) is 0 Å². The molecule has 2 rings (SSSR count). The van der Waals surface area contributed by atoms with Crippen LogP contribution in [0.4, 0.5) is 0 Å². The van der Waals surface area contributed by atoms with E-state index in [1.54, 1.807) is 26.4 Å². The zero-order valence-corrected chi connectivity index (χ0v) is 18.4. The number of aliphatic hydroxyl groups is 1. The van der Waals surface area contributed by atoms with Crippen LogP contribution in [0.2, 0.25) is 0 Å². The quantitative estimate of drug-likeness (QED) is 0.300. The van der Waals surface area contributed by atoms with Crippen molar-refractivity contribution >= 4 is 29.9 Å². The maximum absolute atomic E-state index is 10.1. The molecule has 0 fully saturated rings. The van der Waals surface area contributed by atoms with Gasteiger partial charge in [-0.25, -0.2) is 0 Å². The van der Waals surface area contributed by atoms with Gasteiger partial charge in [-0.1, -0.05) is 0 Å². The van der Waals surface area contributed by atoms with E-state index in [-0.39, 0.29) is 36.6 Å². The largest absolute Gasteiger partial charge is 0.497 e. The maximum Gasteiger partial charge on any atom is 0.191 e. The lowest BCUT2D eigenvalue weighted by molar-refractivity contribution is 0.158. The molecule has 2 aromatic rings. The van der Waals surface area contributed by atoms with E-state index in [1.807, 2.05) is 32.0 Å². The smallest absolute Gasteiger partial charge is 0.191 e. The van der Waals surface area contributed by atoms with E-state index >= 15 is 0 Å². The first-order valence-electron chi connectivity index (χ1n) is 8.57. The molecule has 150 valence electrons. The zero-order valence-electron chi connectivity index (χ0n) is 16.1. The number of rotatable bonds is 8. The lowest BCUT2D eigenvalue weighted by Crippen LogP contribution is -2.39. The molecular formula is C19H28IN3O4. The standard InChI is InChI=1S/C19H27N3O4.HI/c1-5-20-19(21-12-16(23)18-7-6-10-26-18)22-13(2)15-11-14(24-3)8-9-17(15)25-4;/h6-11,13,16,23H,5,12H2,1-4H3,(H2,20,21,22);1H. The van der Waals surface area contributed by atoms with Gasteiger partial charge in [-0.15, -0.1) is 24.0 Å². The summed E-state index contributed by atoms with van der Waals surface area (Å²) in [5.41, 5.74) is 0.948. The number of furan rings is 1. The van der Waals surface area contributed by atoms with Crippen molar-refractivity contribution in [2.75, 3.05) is 27.3 Å². The van der Waals surface area contributed by atoms with E-state index in [9.17, 15) is 5.11 Å². The first-order chi connectivity index (χ1) is 12.6. The Morgan fingerprint density at radius 1 is 1.26 bits per heavy atom. The predicted molar refractivity (Wildman–Crippen MR) is 116 cm³/mol. The highest BCUT2D eigenvalue weighted by molar-refractivity contribution is 14.0. The molecule has 1 aromatic carbocycles. The van der Waals surface area contributed by atoms with Crippen molar-refractivity contribution in [1.82, 2.24) is 10.6 Å². The Morgan fingerprint density at radius 3 is 2.63 bits per heavy atom. The van der Waals surface area contributed by atoms with Crippen LogP contribution in [0.25, 0.3) is 0 Å². The fourth-order valence-corrected chi connectivity index (χ4v) is 2.53. The first kappa shape index (κ1) is 23.1. The van der Waals surface area contributed by atoms with Gasteiger partial charge in [-0.05, 0) is 44.2 Å². The van der Waals surface area contributed by atoms with Crippen molar-refractivity contribution in [1.29, 1.82) is 0 Å². The van der Waals surface area contributed by atoms with Crippen LogP contribution in [0.15, 0.2) is 46.0 Å².